The SMILES string of the molecule is COc1c(C)cc(C2(N)CC2)cc1Br. The monoisotopic (exact) mass is 255 g/mol. The normalized spacial score (nSPS) is 18.0. The molecule has 1 aromatic carbocycles. The maximum Gasteiger partial charge on any atom is 0.135 e. The molecule has 2 N–H and O–H groups in total. The van der Waals surface area contributed by atoms with E-state index in [1.807, 2.05) is 6.92 Å². The molecule has 0 unspecified atom stereocenters. The summed E-state index contributed by atoms with van der Waals surface area (Å²) in [4.78, 5) is 0. The van der Waals surface area contributed by atoms with E-state index < -0.39 is 0 Å². The molecule has 1 fully saturated rings. The zero-order valence-electron chi connectivity index (χ0n) is 8.43. The second-order valence-corrected chi connectivity index (χ2v) is 4.82. The Hall–Kier alpha value is -0.540. The van der Waals surface area contributed by atoms with Gasteiger partial charge >= 0.3 is 0 Å². The molecular formula is C11H14BrNO. The number of hydrogen-bond acceptors (Lipinski definition) is 2. The minimum Gasteiger partial charge on any atom is -0.495 e. The zero-order valence-corrected chi connectivity index (χ0v) is 10.0. The van der Waals surface area contributed by atoms with Crippen molar-refractivity contribution >= 4 is 15.9 Å². The van der Waals surface area contributed by atoms with Crippen molar-refractivity contribution in [3.05, 3.63) is 27.7 Å². The number of rotatable bonds is 2. The van der Waals surface area contributed by atoms with Crippen LogP contribution in [0.4, 0.5) is 0 Å². The van der Waals surface area contributed by atoms with Gasteiger partial charge in [0, 0.05) is 5.54 Å². The second kappa shape index (κ2) is 3.24. The van der Waals surface area contributed by atoms with Gasteiger partial charge in [0.05, 0.1) is 11.6 Å². The molecule has 1 aliphatic carbocycles. The van der Waals surface area contributed by atoms with E-state index in [1.165, 1.54) is 5.56 Å². The van der Waals surface area contributed by atoms with Gasteiger partial charge in [-0.3, -0.25) is 0 Å². The highest BCUT2D eigenvalue weighted by atomic mass is 79.9. The largest absolute Gasteiger partial charge is 0.495 e. The number of methoxy groups -OCH3 is 1. The van der Waals surface area contributed by atoms with Crippen molar-refractivity contribution in [2.45, 2.75) is 25.3 Å². The highest BCUT2D eigenvalue weighted by molar-refractivity contribution is 9.10. The first-order valence-corrected chi connectivity index (χ1v) is 5.49. The van der Waals surface area contributed by atoms with Gasteiger partial charge < -0.3 is 10.5 Å². The van der Waals surface area contributed by atoms with Gasteiger partial charge in [-0.2, -0.15) is 0 Å². The van der Waals surface area contributed by atoms with E-state index >= 15 is 0 Å². The van der Waals surface area contributed by atoms with Crippen LogP contribution in [0.15, 0.2) is 16.6 Å². The number of benzene rings is 1. The quantitative estimate of drug-likeness (QED) is 0.882. The first-order valence-electron chi connectivity index (χ1n) is 4.70. The first-order chi connectivity index (χ1) is 6.57. The van der Waals surface area contributed by atoms with Crippen molar-refractivity contribution in [2.24, 2.45) is 5.73 Å². The molecule has 0 radical (unpaired) electrons. The lowest BCUT2D eigenvalue weighted by Crippen LogP contribution is -2.18. The lowest BCUT2D eigenvalue weighted by atomic mass is 10.0. The molecule has 0 aliphatic heterocycles. The van der Waals surface area contributed by atoms with Gasteiger partial charge in [0.15, 0.2) is 0 Å². The lowest BCUT2D eigenvalue weighted by Gasteiger charge is -2.14. The van der Waals surface area contributed by atoms with Crippen LogP contribution in [-0.2, 0) is 5.54 Å². The molecular weight excluding hydrogens is 242 g/mol. The maximum atomic E-state index is 6.14. The Kier molecular flexibility index (Phi) is 2.32. The molecule has 0 saturated heterocycles. The highest BCUT2D eigenvalue weighted by Gasteiger charge is 2.40. The minimum atomic E-state index is -0.0699. The van der Waals surface area contributed by atoms with Crippen molar-refractivity contribution < 1.29 is 4.74 Å². The van der Waals surface area contributed by atoms with Crippen LogP contribution < -0.4 is 10.5 Å². The molecule has 1 aliphatic rings. The molecule has 0 spiro atoms. The molecule has 1 aromatic rings. The van der Waals surface area contributed by atoms with E-state index in [0.29, 0.717) is 0 Å². The van der Waals surface area contributed by atoms with E-state index in [2.05, 4.69) is 28.1 Å². The van der Waals surface area contributed by atoms with Gasteiger partial charge in [-0.05, 0) is 52.9 Å². The third-order valence-electron chi connectivity index (χ3n) is 2.80. The van der Waals surface area contributed by atoms with Crippen molar-refractivity contribution in [2.75, 3.05) is 7.11 Å². The summed E-state index contributed by atoms with van der Waals surface area (Å²) in [6.07, 6.45) is 2.18. The van der Waals surface area contributed by atoms with Gasteiger partial charge in [-0.1, -0.05) is 6.07 Å². The molecule has 0 aromatic heterocycles. The standard InChI is InChI=1S/C11H14BrNO/c1-7-5-8(11(13)3-4-11)6-9(12)10(7)14-2/h5-6H,3-4,13H2,1-2H3. The molecule has 2 rings (SSSR count). The first kappa shape index (κ1) is 9.99. The Bertz CT molecular complexity index is 349. The smallest absolute Gasteiger partial charge is 0.135 e. The molecule has 0 bridgehead atoms. The van der Waals surface area contributed by atoms with E-state index in [1.54, 1.807) is 7.11 Å². The average molecular weight is 256 g/mol. The lowest BCUT2D eigenvalue weighted by molar-refractivity contribution is 0.408. The van der Waals surface area contributed by atoms with Crippen molar-refractivity contribution in [3.8, 4) is 5.75 Å². The zero-order chi connectivity index (χ0) is 10.3. The van der Waals surface area contributed by atoms with E-state index in [0.717, 1.165) is 28.6 Å². The molecule has 0 amide bonds. The number of ether oxygens (including phenoxy) is 1. The van der Waals surface area contributed by atoms with Crippen LogP contribution in [-0.4, -0.2) is 7.11 Å². The van der Waals surface area contributed by atoms with Crippen molar-refractivity contribution in [1.82, 2.24) is 0 Å². The van der Waals surface area contributed by atoms with Crippen LogP contribution in [0, 0.1) is 6.92 Å². The topological polar surface area (TPSA) is 35.2 Å². The molecule has 76 valence electrons. The van der Waals surface area contributed by atoms with Crippen LogP contribution in [0.5, 0.6) is 5.75 Å². The summed E-state index contributed by atoms with van der Waals surface area (Å²) in [5, 5.41) is 0. The summed E-state index contributed by atoms with van der Waals surface area (Å²) in [6.45, 7) is 2.04. The molecule has 14 heavy (non-hydrogen) atoms. The van der Waals surface area contributed by atoms with Crippen LogP contribution in [0.1, 0.15) is 24.0 Å². The third-order valence-corrected chi connectivity index (χ3v) is 3.39. The fraction of sp³-hybridized carbons (Fsp3) is 0.455. The van der Waals surface area contributed by atoms with Gasteiger partial charge in [-0.15, -0.1) is 0 Å². The summed E-state index contributed by atoms with van der Waals surface area (Å²) in [7, 11) is 1.68. The fourth-order valence-electron chi connectivity index (χ4n) is 1.70. The van der Waals surface area contributed by atoms with Crippen LogP contribution >= 0.6 is 15.9 Å². The molecule has 3 heteroatoms. The van der Waals surface area contributed by atoms with Crippen LogP contribution in [0.2, 0.25) is 0 Å². The van der Waals surface area contributed by atoms with E-state index in [4.69, 9.17) is 10.5 Å². The summed E-state index contributed by atoms with van der Waals surface area (Å²) >= 11 is 3.50. The highest BCUT2D eigenvalue weighted by Crippen LogP contribution is 2.45. The molecule has 0 heterocycles. The summed E-state index contributed by atoms with van der Waals surface area (Å²) < 4.78 is 6.27. The Balaban J connectivity index is 2.47. The van der Waals surface area contributed by atoms with Crippen LogP contribution in [0.25, 0.3) is 0 Å². The fourth-order valence-corrected chi connectivity index (χ4v) is 2.42. The summed E-state index contributed by atoms with van der Waals surface area (Å²) in [5.74, 6) is 0.901. The van der Waals surface area contributed by atoms with Gasteiger partial charge in [0.1, 0.15) is 5.75 Å². The van der Waals surface area contributed by atoms with Gasteiger partial charge in [0.2, 0.25) is 0 Å². The van der Waals surface area contributed by atoms with Crippen molar-refractivity contribution in [1.29, 1.82) is 0 Å². The maximum absolute atomic E-state index is 6.14. The third kappa shape index (κ3) is 1.55. The number of hydrogen-bond donors (Lipinski definition) is 1. The Morgan fingerprint density at radius 1 is 1.43 bits per heavy atom. The minimum absolute atomic E-state index is 0.0699. The number of halogens is 1. The second-order valence-electron chi connectivity index (χ2n) is 3.96. The predicted octanol–water partition coefficient (Wildman–Crippen LogP) is 2.71. The van der Waals surface area contributed by atoms with Gasteiger partial charge in [0.25, 0.3) is 0 Å². The Labute approximate surface area is 92.6 Å². The Morgan fingerprint density at radius 3 is 2.50 bits per heavy atom. The predicted molar refractivity (Wildman–Crippen MR) is 60.5 cm³/mol. The molecule has 2 nitrogen and oxygen atoms in total. The van der Waals surface area contributed by atoms with E-state index in [9.17, 15) is 0 Å². The molecule has 1 saturated carbocycles. The van der Waals surface area contributed by atoms with Gasteiger partial charge in [-0.25, -0.2) is 0 Å². The van der Waals surface area contributed by atoms with Crippen LogP contribution in [0.3, 0.4) is 0 Å². The summed E-state index contributed by atoms with van der Waals surface area (Å²) in [6, 6.07) is 4.19. The molecule has 0 atom stereocenters. The van der Waals surface area contributed by atoms with E-state index in [-0.39, 0.29) is 5.54 Å². The number of aryl methyl sites for hydroxylation is 1. The van der Waals surface area contributed by atoms with Crippen molar-refractivity contribution in [3.63, 3.8) is 0 Å². The average Bonchev–Trinajstić information content (AvgIpc) is 2.84. The summed E-state index contributed by atoms with van der Waals surface area (Å²) in [5.41, 5.74) is 8.41. The number of nitrogens with two attached hydrogens (primary N) is 1. The Morgan fingerprint density at radius 2 is 2.07 bits per heavy atom.